The van der Waals surface area contributed by atoms with Crippen molar-refractivity contribution in [2.45, 2.75) is 6.92 Å². The Balaban J connectivity index is 1.65. The average Bonchev–Trinajstić information content (AvgIpc) is 2.89. The van der Waals surface area contributed by atoms with Crippen molar-refractivity contribution < 1.29 is 9.67 Å². The van der Waals surface area contributed by atoms with Gasteiger partial charge in [0.15, 0.2) is 7.14 Å². The van der Waals surface area contributed by atoms with Gasteiger partial charge in [0, 0.05) is 21.3 Å². The van der Waals surface area contributed by atoms with Gasteiger partial charge in [-0.05, 0) is 36.6 Å². The molecule has 166 valence electrons. The van der Waals surface area contributed by atoms with Crippen LogP contribution in [0, 0.1) is 6.92 Å². The Morgan fingerprint density at radius 3 is 1.88 bits per heavy atom. The van der Waals surface area contributed by atoms with Crippen molar-refractivity contribution >= 4 is 45.2 Å². The Kier molecular flexibility index (Phi) is 5.83. The fourth-order valence-electron chi connectivity index (χ4n) is 4.03. The third-order valence-corrected chi connectivity index (χ3v) is 8.91. The molecule has 1 N–H and O–H groups in total. The summed E-state index contributed by atoms with van der Waals surface area (Å²) in [6.07, 6.45) is 0. The van der Waals surface area contributed by atoms with Crippen LogP contribution in [-0.4, -0.2) is 5.11 Å². The first kappa shape index (κ1) is 21.8. The van der Waals surface area contributed by atoms with Crippen molar-refractivity contribution in [2.75, 3.05) is 0 Å². The fourth-order valence-corrected chi connectivity index (χ4v) is 6.72. The van der Waals surface area contributed by atoms with Gasteiger partial charge in [0.1, 0.15) is 11.4 Å². The van der Waals surface area contributed by atoms with E-state index in [1.807, 2.05) is 116 Å². The number of rotatable bonds is 5. The molecule has 0 fully saturated rings. The van der Waals surface area contributed by atoms with E-state index < -0.39 is 7.14 Å². The molecule has 0 heterocycles. The number of phenols is 1. The van der Waals surface area contributed by atoms with Crippen molar-refractivity contribution in [3.63, 3.8) is 0 Å². The van der Waals surface area contributed by atoms with Crippen molar-refractivity contribution in [2.24, 2.45) is 10.2 Å². The maximum Gasteiger partial charge on any atom is 0.171 e. The summed E-state index contributed by atoms with van der Waals surface area (Å²) in [7, 11) is -3.09. The Bertz CT molecular complexity index is 1490. The zero-order valence-corrected chi connectivity index (χ0v) is 19.6. The minimum absolute atomic E-state index is 0.0467. The molecule has 0 bridgehead atoms. The highest BCUT2D eigenvalue weighted by molar-refractivity contribution is 7.85. The Hall–Kier alpha value is -4.01. The van der Waals surface area contributed by atoms with Gasteiger partial charge in [-0.3, -0.25) is 0 Å². The van der Waals surface area contributed by atoms with Gasteiger partial charge < -0.3 is 9.67 Å². The quantitative estimate of drug-likeness (QED) is 0.228. The molecule has 0 atom stereocenters. The second-order valence-electron chi connectivity index (χ2n) is 8.15. The molecule has 0 unspecified atom stereocenters. The van der Waals surface area contributed by atoms with E-state index in [0.717, 1.165) is 32.2 Å². The smallest absolute Gasteiger partial charge is 0.171 e. The summed E-state index contributed by atoms with van der Waals surface area (Å²) in [5.41, 5.74) is 2.23. The van der Waals surface area contributed by atoms with E-state index in [1.54, 1.807) is 6.07 Å². The summed E-state index contributed by atoms with van der Waals surface area (Å²) in [5.74, 6) is 0.0467. The van der Waals surface area contributed by atoms with E-state index in [4.69, 9.17) is 0 Å². The summed E-state index contributed by atoms with van der Waals surface area (Å²) in [5, 5.41) is 23.0. The predicted octanol–water partition coefficient (Wildman–Crippen LogP) is 6.91. The molecule has 0 spiro atoms. The summed E-state index contributed by atoms with van der Waals surface area (Å²) in [6, 6.07) is 35.9. The predicted molar refractivity (Wildman–Crippen MR) is 140 cm³/mol. The lowest BCUT2D eigenvalue weighted by Crippen LogP contribution is -2.24. The van der Waals surface area contributed by atoms with Crippen LogP contribution in [0.4, 0.5) is 11.4 Å². The van der Waals surface area contributed by atoms with Crippen LogP contribution in [0.5, 0.6) is 5.75 Å². The van der Waals surface area contributed by atoms with Gasteiger partial charge in [-0.25, -0.2) is 0 Å². The Morgan fingerprint density at radius 2 is 1.26 bits per heavy atom. The molecule has 0 saturated carbocycles. The maximum absolute atomic E-state index is 14.7. The van der Waals surface area contributed by atoms with Crippen LogP contribution >= 0.6 is 7.14 Å². The zero-order chi connectivity index (χ0) is 23.5. The van der Waals surface area contributed by atoms with E-state index >= 15 is 0 Å². The first-order chi connectivity index (χ1) is 16.6. The highest BCUT2D eigenvalue weighted by atomic mass is 31.2. The normalized spacial score (nSPS) is 11.8. The minimum Gasteiger partial charge on any atom is -0.506 e. The van der Waals surface area contributed by atoms with Crippen LogP contribution in [0.1, 0.15) is 5.56 Å². The summed E-state index contributed by atoms with van der Waals surface area (Å²) >= 11 is 0. The molecule has 5 rings (SSSR count). The minimum atomic E-state index is -3.09. The largest absolute Gasteiger partial charge is 0.506 e. The molecule has 34 heavy (non-hydrogen) atoms. The SMILES string of the molecule is Cc1ccc(N=Nc2c(O)ccc3cc(P(=O)(c4ccccc4)c4ccccc4)ccc23)cc1. The van der Waals surface area contributed by atoms with Gasteiger partial charge in [-0.1, -0.05) is 96.6 Å². The summed E-state index contributed by atoms with van der Waals surface area (Å²) < 4.78 is 14.7. The van der Waals surface area contributed by atoms with Gasteiger partial charge >= 0.3 is 0 Å². The first-order valence-corrected chi connectivity index (χ1v) is 12.7. The van der Waals surface area contributed by atoms with E-state index in [2.05, 4.69) is 10.2 Å². The lowest BCUT2D eigenvalue weighted by molar-refractivity contribution is 0.477. The highest BCUT2D eigenvalue weighted by Gasteiger charge is 2.29. The molecule has 0 radical (unpaired) electrons. The summed E-state index contributed by atoms with van der Waals surface area (Å²) in [6.45, 7) is 2.01. The fraction of sp³-hybridized carbons (Fsp3) is 0.0345. The number of nitrogens with zero attached hydrogens (tertiary/aromatic N) is 2. The molecule has 0 aliphatic carbocycles. The number of aryl methyl sites for hydroxylation is 1. The van der Waals surface area contributed by atoms with Crippen LogP contribution in [0.3, 0.4) is 0 Å². The van der Waals surface area contributed by atoms with E-state index in [-0.39, 0.29) is 5.75 Å². The second-order valence-corrected chi connectivity index (χ2v) is 10.9. The monoisotopic (exact) mass is 462 g/mol. The van der Waals surface area contributed by atoms with Crippen molar-refractivity contribution in [3.05, 3.63) is 121 Å². The van der Waals surface area contributed by atoms with Gasteiger partial charge in [-0.15, -0.1) is 5.11 Å². The van der Waals surface area contributed by atoms with Crippen LogP contribution in [-0.2, 0) is 4.57 Å². The lowest BCUT2D eigenvalue weighted by Gasteiger charge is -2.20. The van der Waals surface area contributed by atoms with Gasteiger partial charge in [0.05, 0.1) is 5.69 Å². The molecule has 5 aromatic carbocycles. The average molecular weight is 462 g/mol. The molecule has 5 heteroatoms. The van der Waals surface area contributed by atoms with Crippen molar-refractivity contribution in [1.29, 1.82) is 0 Å². The number of hydrogen-bond acceptors (Lipinski definition) is 4. The molecular weight excluding hydrogens is 439 g/mol. The number of fused-ring (bicyclic) bond motifs is 1. The maximum atomic E-state index is 14.7. The van der Waals surface area contributed by atoms with E-state index in [1.165, 1.54) is 0 Å². The molecule has 4 nitrogen and oxygen atoms in total. The molecule has 5 aromatic rings. The standard InChI is InChI=1S/C29H23N2O2P/c1-21-12-15-23(16-13-21)30-31-29-27-18-17-26(20-22(27)14-19-28(29)32)34(33,24-8-4-2-5-9-24)25-10-6-3-7-11-25/h2-20,32H,1H3. The van der Waals surface area contributed by atoms with Gasteiger partial charge in [-0.2, -0.15) is 5.11 Å². The molecule has 0 saturated heterocycles. The lowest BCUT2D eigenvalue weighted by atomic mass is 10.1. The number of benzene rings is 5. The van der Waals surface area contributed by atoms with E-state index in [9.17, 15) is 9.67 Å². The second kappa shape index (κ2) is 9.09. The van der Waals surface area contributed by atoms with Gasteiger partial charge in [0.25, 0.3) is 0 Å². The Morgan fingerprint density at radius 1 is 0.647 bits per heavy atom. The first-order valence-electron chi connectivity index (χ1n) is 11.0. The highest BCUT2D eigenvalue weighted by Crippen LogP contribution is 2.44. The molecule has 0 amide bonds. The van der Waals surface area contributed by atoms with E-state index in [0.29, 0.717) is 11.4 Å². The molecule has 0 aliphatic rings. The number of hydrogen-bond donors (Lipinski definition) is 1. The third-order valence-electron chi connectivity index (χ3n) is 5.86. The Labute approximate surface area is 198 Å². The zero-order valence-electron chi connectivity index (χ0n) is 18.7. The number of aromatic hydroxyl groups is 1. The van der Waals surface area contributed by atoms with Gasteiger partial charge in [0.2, 0.25) is 0 Å². The summed E-state index contributed by atoms with van der Waals surface area (Å²) in [4.78, 5) is 0. The van der Waals surface area contributed by atoms with Crippen molar-refractivity contribution in [1.82, 2.24) is 0 Å². The number of azo groups is 1. The molecule has 0 aliphatic heterocycles. The molecular formula is C29H23N2O2P. The third kappa shape index (κ3) is 4.05. The topological polar surface area (TPSA) is 62.0 Å². The van der Waals surface area contributed by atoms with Crippen LogP contribution in [0.2, 0.25) is 0 Å². The van der Waals surface area contributed by atoms with Crippen LogP contribution < -0.4 is 15.9 Å². The number of phenolic OH excluding ortho intramolecular Hbond substituents is 1. The van der Waals surface area contributed by atoms with Crippen molar-refractivity contribution in [3.8, 4) is 5.75 Å². The van der Waals surface area contributed by atoms with Crippen LogP contribution in [0.25, 0.3) is 10.8 Å². The molecule has 0 aromatic heterocycles. The van der Waals surface area contributed by atoms with Crippen LogP contribution in [0.15, 0.2) is 125 Å².